The van der Waals surface area contributed by atoms with E-state index in [0.29, 0.717) is 48.2 Å². The third-order valence-corrected chi connectivity index (χ3v) is 6.10. The molecule has 3 aromatic rings. The molecule has 2 aliphatic heterocycles. The minimum Gasteiger partial charge on any atom is -0.507 e. The summed E-state index contributed by atoms with van der Waals surface area (Å²) in [7, 11) is 0. The molecule has 3 heterocycles. The van der Waals surface area contributed by atoms with Gasteiger partial charge in [0.2, 0.25) is 0 Å². The van der Waals surface area contributed by atoms with Gasteiger partial charge in [-0.3, -0.25) is 14.6 Å². The molecule has 1 amide bonds. The second-order valence-corrected chi connectivity index (χ2v) is 8.56. The third-order valence-electron chi connectivity index (χ3n) is 6.10. The molecule has 1 aromatic heterocycles. The standard InChI is InChI=1S/C28H26N2O6/c1-2-12-34-21-5-3-4-19(15-21)25-24(26(31)20-6-7-22-23(16-20)36-14-13-35-22)27(32)28(33)30(25)17-18-8-10-29-11-9-18/h3-11,15-16,25,31H,2,12-14,17H2,1H3/b26-24+. The number of aliphatic hydroxyl groups is 1. The number of ether oxygens (including phenoxy) is 3. The van der Waals surface area contributed by atoms with E-state index < -0.39 is 17.7 Å². The van der Waals surface area contributed by atoms with E-state index in [4.69, 9.17) is 14.2 Å². The Kier molecular flexibility index (Phi) is 6.58. The minimum atomic E-state index is -0.809. The Bertz CT molecular complexity index is 1320. The van der Waals surface area contributed by atoms with Crippen LogP contribution in [0, 0.1) is 0 Å². The normalized spacial score (nSPS) is 18.4. The van der Waals surface area contributed by atoms with Crippen molar-refractivity contribution in [1.82, 2.24) is 9.88 Å². The second-order valence-electron chi connectivity index (χ2n) is 8.56. The van der Waals surface area contributed by atoms with E-state index in [1.807, 2.05) is 31.2 Å². The first-order valence-corrected chi connectivity index (χ1v) is 11.9. The predicted octanol–water partition coefficient (Wildman–Crippen LogP) is 4.26. The molecule has 0 aliphatic carbocycles. The van der Waals surface area contributed by atoms with Gasteiger partial charge in [0.05, 0.1) is 18.2 Å². The van der Waals surface area contributed by atoms with Gasteiger partial charge in [0.15, 0.2) is 11.5 Å². The van der Waals surface area contributed by atoms with Gasteiger partial charge in [0, 0.05) is 24.5 Å². The van der Waals surface area contributed by atoms with Crippen LogP contribution in [-0.4, -0.2) is 46.5 Å². The van der Waals surface area contributed by atoms with Crippen molar-refractivity contribution in [2.24, 2.45) is 0 Å². The van der Waals surface area contributed by atoms with Crippen LogP contribution in [0.25, 0.3) is 5.76 Å². The number of rotatable bonds is 7. The highest BCUT2D eigenvalue weighted by molar-refractivity contribution is 6.46. The minimum absolute atomic E-state index is 0.0124. The summed E-state index contributed by atoms with van der Waals surface area (Å²) in [5.74, 6) is -0.0381. The number of carbonyl (C=O) groups excluding carboxylic acids is 2. The van der Waals surface area contributed by atoms with Crippen LogP contribution in [0.5, 0.6) is 17.2 Å². The van der Waals surface area contributed by atoms with Crippen LogP contribution >= 0.6 is 0 Å². The van der Waals surface area contributed by atoms with Crippen LogP contribution < -0.4 is 14.2 Å². The molecule has 0 radical (unpaired) electrons. The topological polar surface area (TPSA) is 98.2 Å². The molecule has 1 fully saturated rings. The van der Waals surface area contributed by atoms with E-state index in [2.05, 4.69) is 4.98 Å². The number of likely N-dealkylation sites (tertiary alicyclic amines) is 1. The first kappa shape index (κ1) is 23.4. The summed E-state index contributed by atoms with van der Waals surface area (Å²) in [6, 6.07) is 15.0. The average Bonchev–Trinajstić information content (AvgIpc) is 3.17. The first-order chi connectivity index (χ1) is 17.6. The fraction of sp³-hybridized carbons (Fsp3) is 0.250. The lowest BCUT2D eigenvalue weighted by Gasteiger charge is -2.26. The molecule has 0 spiro atoms. The number of Topliss-reactive ketones (excluding diaryl/α,β-unsaturated/α-hetero) is 1. The van der Waals surface area contributed by atoms with E-state index in [1.165, 1.54) is 4.90 Å². The summed E-state index contributed by atoms with van der Waals surface area (Å²) in [6.45, 7) is 3.56. The highest BCUT2D eigenvalue weighted by Gasteiger charge is 2.46. The summed E-state index contributed by atoms with van der Waals surface area (Å²) in [4.78, 5) is 32.1. The lowest BCUT2D eigenvalue weighted by atomic mass is 9.95. The molecule has 5 rings (SSSR count). The molecule has 1 N–H and O–H groups in total. The number of carbonyl (C=O) groups is 2. The van der Waals surface area contributed by atoms with Gasteiger partial charge in [0.1, 0.15) is 24.7 Å². The summed E-state index contributed by atoms with van der Waals surface area (Å²) in [5, 5.41) is 11.4. The number of nitrogens with zero attached hydrogens (tertiary/aromatic N) is 2. The fourth-order valence-electron chi connectivity index (χ4n) is 4.42. The smallest absolute Gasteiger partial charge is 0.295 e. The number of benzene rings is 2. The second kappa shape index (κ2) is 10.1. The Morgan fingerprint density at radius 3 is 2.61 bits per heavy atom. The molecule has 0 saturated carbocycles. The Morgan fingerprint density at radius 2 is 1.83 bits per heavy atom. The Balaban J connectivity index is 1.62. The zero-order chi connectivity index (χ0) is 25.1. The van der Waals surface area contributed by atoms with Crippen LogP contribution in [0.4, 0.5) is 0 Å². The molecule has 2 aromatic carbocycles. The summed E-state index contributed by atoms with van der Waals surface area (Å²) >= 11 is 0. The molecule has 8 heteroatoms. The van der Waals surface area contributed by atoms with Crippen molar-refractivity contribution in [3.05, 3.63) is 89.3 Å². The van der Waals surface area contributed by atoms with Crippen LogP contribution in [0.3, 0.4) is 0 Å². The van der Waals surface area contributed by atoms with E-state index >= 15 is 0 Å². The van der Waals surface area contributed by atoms with Crippen molar-refractivity contribution in [1.29, 1.82) is 0 Å². The molecule has 184 valence electrons. The summed E-state index contributed by atoms with van der Waals surface area (Å²) < 4.78 is 17.0. The van der Waals surface area contributed by atoms with E-state index in [-0.39, 0.29) is 17.9 Å². The number of fused-ring (bicyclic) bond motifs is 1. The first-order valence-electron chi connectivity index (χ1n) is 11.9. The van der Waals surface area contributed by atoms with Gasteiger partial charge in [0.25, 0.3) is 11.7 Å². The summed E-state index contributed by atoms with van der Waals surface area (Å²) in [6.07, 6.45) is 4.11. The monoisotopic (exact) mass is 486 g/mol. The molecule has 8 nitrogen and oxygen atoms in total. The number of pyridine rings is 1. The maximum atomic E-state index is 13.3. The molecule has 1 saturated heterocycles. The van der Waals surface area contributed by atoms with Gasteiger partial charge < -0.3 is 24.2 Å². The fourth-order valence-corrected chi connectivity index (χ4v) is 4.42. The molecule has 2 aliphatic rings. The van der Waals surface area contributed by atoms with Crippen molar-refractivity contribution < 1.29 is 28.9 Å². The number of aliphatic hydroxyl groups excluding tert-OH is 1. The zero-order valence-corrected chi connectivity index (χ0v) is 19.8. The maximum Gasteiger partial charge on any atom is 0.295 e. The van der Waals surface area contributed by atoms with Crippen LogP contribution in [0.2, 0.25) is 0 Å². The zero-order valence-electron chi connectivity index (χ0n) is 19.8. The Labute approximate surface area is 208 Å². The number of hydrogen-bond acceptors (Lipinski definition) is 7. The van der Waals surface area contributed by atoms with Crippen molar-refractivity contribution in [2.75, 3.05) is 19.8 Å². The largest absolute Gasteiger partial charge is 0.507 e. The van der Waals surface area contributed by atoms with Gasteiger partial charge in [-0.1, -0.05) is 19.1 Å². The van der Waals surface area contributed by atoms with Gasteiger partial charge in [-0.25, -0.2) is 0 Å². The lowest BCUT2D eigenvalue weighted by Crippen LogP contribution is -2.29. The van der Waals surface area contributed by atoms with E-state index in [1.54, 1.807) is 42.7 Å². The van der Waals surface area contributed by atoms with E-state index in [9.17, 15) is 14.7 Å². The quantitative estimate of drug-likeness (QED) is 0.303. The highest BCUT2D eigenvalue weighted by atomic mass is 16.6. The predicted molar refractivity (Wildman–Crippen MR) is 132 cm³/mol. The Hall–Kier alpha value is -4.33. The van der Waals surface area contributed by atoms with Crippen LogP contribution in [0.15, 0.2) is 72.6 Å². The molecule has 1 unspecified atom stereocenters. The van der Waals surface area contributed by atoms with Gasteiger partial charge >= 0.3 is 0 Å². The molecule has 1 atom stereocenters. The van der Waals surface area contributed by atoms with Gasteiger partial charge in [-0.15, -0.1) is 0 Å². The van der Waals surface area contributed by atoms with E-state index in [0.717, 1.165) is 12.0 Å². The summed E-state index contributed by atoms with van der Waals surface area (Å²) in [5.41, 5.74) is 1.86. The van der Waals surface area contributed by atoms with Crippen molar-refractivity contribution >= 4 is 17.4 Å². The number of aromatic nitrogens is 1. The van der Waals surface area contributed by atoms with Crippen molar-refractivity contribution in [3.8, 4) is 17.2 Å². The number of hydrogen-bond donors (Lipinski definition) is 1. The maximum absolute atomic E-state index is 13.3. The molecular weight excluding hydrogens is 460 g/mol. The number of ketones is 1. The van der Waals surface area contributed by atoms with Crippen LogP contribution in [0.1, 0.15) is 36.1 Å². The van der Waals surface area contributed by atoms with Crippen molar-refractivity contribution in [2.45, 2.75) is 25.9 Å². The lowest BCUT2D eigenvalue weighted by molar-refractivity contribution is -0.140. The SMILES string of the molecule is CCCOc1cccc(C2/C(=C(\O)c3ccc4c(c3)OCCO4)C(=O)C(=O)N2Cc2ccncc2)c1. The third kappa shape index (κ3) is 4.49. The van der Waals surface area contributed by atoms with Gasteiger partial charge in [-0.2, -0.15) is 0 Å². The highest BCUT2D eigenvalue weighted by Crippen LogP contribution is 2.42. The molecular formula is C28H26N2O6. The Morgan fingerprint density at radius 1 is 1.06 bits per heavy atom. The molecule has 0 bridgehead atoms. The van der Waals surface area contributed by atoms with Gasteiger partial charge in [-0.05, 0) is 60.0 Å². The number of amides is 1. The molecule has 36 heavy (non-hydrogen) atoms. The van der Waals surface area contributed by atoms with Crippen molar-refractivity contribution in [3.63, 3.8) is 0 Å². The average molecular weight is 487 g/mol. The van der Waals surface area contributed by atoms with Crippen LogP contribution in [-0.2, 0) is 16.1 Å².